The van der Waals surface area contributed by atoms with E-state index in [9.17, 15) is 10.1 Å². The molecule has 17 heavy (non-hydrogen) atoms. The molecule has 0 atom stereocenters. The highest BCUT2D eigenvalue weighted by Gasteiger charge is 2.11. The lowest BCUT2D eigenvalue weighted by Gasteiger charge is -1.94. The summed E-state index contributed by atoms with van der Waals surface area (Å²) in [4.78, 5) is 10.2. The molecule has 1 aromatic carbocycles. The Kier molecular flexibility index (Phi) is 2.93. The molecule has 0 amide bonds. The van der Waals surface area contributed by atoms with Gasteiger partial charge < -0.3 is 4.52 Å². The van der Waals surface area contributed by atoms with Gasteiger partial charge in [-0.1, -0.05) is 35.5 Å². The van der Waals surface area contributed by atoms with E-state index in [1.54, 1.807) is 18.2 Å². The molecule has 0 bridgehead atoms. The first-order chi connectivity index (χ1) is 8.08. The Hall–Kier alpha value is -2.14. The van der Waals surface area contributed by atoms with Crippen LogP contribution in [-0.4, -0.2) is 10.1 Å². The topological polar surface area (TPSA) is 69.2 Å². The average molecular weight is 251 g/mol. The SMILES string of the molecule is C=C(Cl)c1cc(-c2cccc([N+](=O)[O-])c2)no1. The Balaban J connectivity index is 2.42. The van der Waals surface area contributed by atoms with Gasteiger partial charge in [0.15, 0.2) is 5.76 Å². The van der Waals surface area contributed by atoms with Gasteiger partial charge in [-0.3, -0.25) is 10.1 Å². The molecule has 0 saturated heterocycles. The van der Waals surface area contributed by atoms with Crippen LogP contribution < -0.4 is 0 Å². The molecule has 1 heterocycles. The summed E-state index contributed by atoms with van der Waals surface area (Å²) in [5.41, 5.74) is 1.06. The number of nitro groups is 1. The number of nitrogens with zero attached hydrogens (tertiary/aromatic N) is 2. The minimum absolute atomic E-state index is 0.00301. The van der Waals surface area contributed by atoms with Crippen molar-refractivity contribution in [3.05, 3.63) is 52.8 Å². The molecule has 0 N–H and O–H groups in total. The Morgan fingerprint density at radius 3 is 2.82 bits per heavy atom. The van der Waals surface area contributed by atoms with Gasteiger partial charge in [-0.15, -0.1) is 0 Å². The van der Waals surface area contributed by atoms with Crippen molar-refractivity contribution < 1.29 is 9.45 Å². The fraction of sp³-hybridized carbons (Fsp3) is 0. The van der Waals surface area contributed by atoms with Crippen LogP contribution in [0.2, 0.25) is 0 Å². The van der Waals surface area contributed by atoms with Crippen molar-refractivity contribution in [3.8, 4) is 11.3 Å². The van der Waals surface area contributed by atoms with Crippen molar-refractivity contribution in [2.45, 2.75) is 0 Å². The van der Waals surface area contributed by atoms with Gasteiger partial charge in [-0.2, -0.15) is 0 Å². The van der Waals surface area contributed by atoms with Crippen molar-refractivity contribution in [3.63, 3.8) is 0 Å². The normalized spacial score (nSPS) is 10.2. The number of non-ortho nitro benzene ring substituents is 1. The van der Waals surface area contributed by atoms with E-state index in [2.05, 4.69) is 11.7 Å². The zero-order chi connectivity index (χ0) is 12.4. The number of nitro benzene ring substituents is 1. The van der Waals surface area contributed by atoms with Crippen molar-refractivity contribution >= 4 is 22.3 Å². The van der Waals surface area contributed by atoms with E-state index < -0.39 is 4.92 Å². The average Bonchev–Trinajstić information content (AvgIpc) is 2.78. The van der Waals surface area contributed by atoms with Crippen molar-refractivity contribution in [1.82, 2.24) is 5.16 Å². The number of benzene rings is 1. The summed E-state index contributed by atoms with van der Waals surface area (Å²) in [7, 11) is 0. The molecule has 0 fully saturated rings. The van der Waals surface area contributed by atoms with Crippen molar-refractivity contribution in [2.24, 2.45) is 0 Å². The predicted molar refractivity (Wildman–Crippen MR) is 63.5 cm³/mol. The van der Waals surface area contributed by atoms with Crippen LogP contribution in [0.3, 0.4) is 0 Å². The minimum Gasteiger partial charge on any atom is -0.355 e. The number of halogens is 1. The fourth-order valence-corrected chi connectivity index (χ4v) is 1.41. The maximum absolute atomic E-state index is 10.6. The lowest BCUT2D eigenvalue weighted by molar-refractivity contribution is -0.384. The Morgan fingerprint density at radius 2 is 2.24 bits per heavy atom. The molecule has 6 heteroatoms. The maximum atomic E-state index is 10.6. The molecule has 0 aliphatic heterocycles. The molecule has 86 valence electrons. The molecule has 2 rings (SSSR count). The van der Waals surface area contributed by atoms with Crippen LogP contribution in [0.4, 0.5) is 5.69 Å². The predicted octanol–water partition coefficient (Wildman–Crippen LogP) is 3.46. The smallest absolute Gasteiger partial charge is 0.270 e. The third-order valence-electron chi connectivity index (χ3n) is 2.13. The van der Waals surface area contributed by atoms with Gasteiger partial charge in [0.2, 0.25) is 0 Å². The zero-order valence-electron chi connectivity index (χ0n) is 8.59. The highest BCUT2D eigenvalue weighted by molar-refractivity contribution is 6.47. The van der Waals surface area contributed by atoms with Gasteiger partial charge >= 0.3 is 0 Å². The van der Waals surface area contributed by atoms with E-state index in [0.717, 1.165) is 0 Å². The van der Waals surface area contributed by atoms with Crippen LogP contribution in [-0.2, 0) is 0 Å². The van der Waals surface area contributed by atoms with Crippen LogP contribution in [0.1, 0.15) is 5.76 Å². The first kappa shape index (κ1) is 11.3. The Labute approximate surface area is 101 Å². The zero-order valence-corrected chi connectivity index (χ0v) is 9.35. The number of hydrogen-bond acceptors (Lipinski definition) is 4. The lowest BCUT2D eigenvalue weighted by atomic mass is 10.1. The fourth-order valence-electron chi connectivity index (χ4n) is 1.32. The van der Waals surface area contributed by atoms with Crippen LogP contribution >= 0.6 is 11.6 Å². The molecular weight excluding hydrogens is 244 g/mol. The molecule has 2 aromatic rings. The van der Waals surface area contributed by atoms with Crippen molar-refractivity contribution in [1.29, 1.82) is 0 Å². The van der Waals surface area contributed by atoms with Crippen LogP contribution in [0.5, 0.6) is 0 Å². The van der Waals surface area contributed by atoms with E-state index in [0.29, 0.717) is 17.0 Å². The van der Waals surface area contributed by atoms with E-state index in [1.807, 2.05) is 0 Å². The van der Waals surface area contributed by atoms with E-state index in [1.165, 1.54) is 12.1 Å². The van der Waals surface area contributed by atoms with Gasteiger partial charge in [-0.25, -0.2) is 0 Å². The van der Waals surface area contributed by atoms with Gasteiger partial charge in [0.05, 0.1) is 9.96 Å². The second-order valence-electron chi connectivity index (χ2n) is 3.29. The third kappa shape index (κ3) is 2.34. The summed E-state index contributed by atoms with van der Waals surface area (Å²) in [6.07, 6.45) is 0. The highest BCUT2D eigenvalue weighted by atomic mass is 35.5. The van der Waals surface area contributed by atoms with Gasteiger partial charge in [0, 0.05) is 23.8 Å². The summed E-state index contributed by atoms with van der Waals surface area (Å²) in [5, 5.41) is 14.6. The Bertz CT molecular complexity index is 592. The number of rotatable bonds is 3. The van der Waals surface area contributed by atoms with Gasteiger partial charge in [-0.05, 0) is 0 Å². The first-order valence-corrected chi connectivity index (χ1v) is 5.02. The first-order valence-electron chi connectivity index (χ1n) is 4.64. The second kappa shape index (κ2) is 4.39. The van der Waals surface area contributed by atoms with Gasteiger partial charge in [0.25, 0.3) is 5.69 Å². The molecule has 5 nitrogen and oxygen atoms in total. The maximum Gasteiger partial charge on any atom is 0.270 e. The van der Waals surface area contributed by atoms with E-state index in [-0.39, 0.29) is 10.7 Å². The molecule has 0 aliphatic rings. The molecule has 0 spiro atoms. The monoisotopic (exact) mass is 250 g/mol. The van der Waals surface area contributed by atoms with Crippen molar-refractivity contribution in [2.75, 3.05) is 0 Å². The Morgan fingerprint density at radius 1 is 1.47 bits per heavy atom. The van der Waals surface area contributed by atoms with E-state index in [4.69, 9.17) is 16.1 Å². The number of aromatic nitrogens is 1. The molecule has 1 aromatic heterocycles. The quantitative estimate of drug-likeness (QED) is 0.618. The minimum atomic E-state index is -0.467. The van der Waals surface area contributed by atoms with Crippen LogP contribution in [0, 0.1) is 10.1 Å². The highest BCUT2D eigenvalue weighted by Crippen LogP contribution is 2.26. The molecular formula is C11H7ClN2O3. The van der Waals surface area contributed by atoms with Crippen LogP contribution in [0.15, 0.2) is 41.4 Å². The van der Waals surface area contributed by atoms with E-state index >= 15 is 0 Å². The summed E-state index contributed by atoms with van der Waals surface area (Å²) in [5.74, 6) is 0.341. The van der Waals surface area contributed by atoms with Gasteiger partial charge in [0.1, 0.15) is 5.69 Å². The summed E-state index contributed by atoms with van der Waals surface area (Å²) in [6, 6.07) is 7.68. The number of hydrogen-bond donors (Lipinski definition) is 0. The third-order valence-corrected chi connectivity index (χ3v) is 2.32. The molecule has 0 unspecified atom stereocenters. The summed E-state index contributed by atoms with van der Waals surface area (Å²) < 4.78 is 4.93. The largest absolute Gasteiger partial charge is 0.355 e. The summed E-state index contributed by atoms with van der Waals surface area (Å²) in [6.45, 7) is 3.50. The van der Waals surface area contributed by atoms with Crippen LogP contribution in [0.25, 0.3) is 16.3 Å². The molecule has 0 aliphatic carbocycles. The second-order valence-corrected chi connectivity index (χ2v) is 3.74. The molecule has 0 saturated carbocycles. The lowest BCUT2D eigenvalue weighted by Crippen LogP contribution is -1.87. The summed E-state index contributed by atoms with van der Waals surface area (Å²) >= 11 is 5.65. The standard InChI is InChI=1S/C11H7ClN2O3/c1-7(12)11-6-10(13-17-11)8-3-2-4-9(5-8)14(15)16/h2-6H,1H2. The molecule has 0 radical (unpaired) electrons.